The second-order valence-electron chi connectivity index (χ2n) is 2.89. The van der Waals surface area contributed by atoms with E-state index in [0.717, 1.165) is 5.75 Å². The van der Waals surface area contributed by atoms with E-state index in [4.69, 9.17) is 0 Å². The molecule has 5 nitrogen and oxygen atoms in total. The Morgan fingerprint density at radius 1 is 1.62 bits per heavy atom. The highest BCUT2D eigenvalue weighted by atomic mass is 32.2. The molecule has 76 valence electrons. The molecule has 1 heterocycles. The number of nitrogens with one attached hydrogen (secondary N) is 1. The van der Waals surface area contributed by atoms with E-state index in [1.807, 2.05) is 0 Å². The highest BCUT2D eigenvalue weighted by Gasteiger charge is 2.34. The Bertz CT molecular complexity index is 177. The largest absolute Gasteiger partial charge is 0.357 e. The lowest BCUT2D eigenvalue weighted by Gasteiger charge is -2.38. The third-order valence-corrected chi connectivity index (χ3v) is 2.98. The van der Waals surface area contributed by atoms with Crippen LogP contribution in [0.15, 0.2) is 0 Å². The first-order valence-corrected chi connectivity index (χ1v) is 5.27. The Morgan fingerprint density at radius 2 is 2.38 bits per heavy atom. The molecule has 0 aromatic rings. The molecule has 13 heavy (non-hydrogen) atoms. The van der Waals surface area contributed by atoms with Gasteiger partial charge in [0.05, 0.1) is 5.75 Å². The summed E-state index contributed by atoms with van der Waals surface area (Å²) in [6, 6.07) is 0. The molecule has 0 aromatic heterocycles. The minimum Gasteiger partial charge on any atom is -0.357 e. The zero-order valence-electron chi connectivity index (χ0n) is 7.27. The zero-order valence-corrected chi connectivity index (χ0v) is 8.09. The van der Waals surface area contributed by atoms with Crippen LogP contribution in [0.5, 0.6) is 0 Å². The molecule has 0 aliphatic carbocycles. The molecule has 0 aromatic carbocycles. The monoisotopic (exact) mass is 206 g/mol. The fourth-order valence-electron chi connectivity index (χ4n) is 1.20. The molecule has 1 fully saturated rings. The van der Waals surface area contributed by atoms with Gasteiger partial charge >= 0.3 is 0 Å². The van der Waals surface area contributed by atoms with E-state index < -0.39 is 5.91 Å². The number of thioether (sulfide) groups is 1. The molecule has 1 amide bonds. The van der Waals surface area contributed by atoms with Gasteiger partial charge in [0.25, 0.3) is 0 Å². The minimum atomic E-state index is -1.71. The molecule has 0 radical (unpaired) electrons. The van der Waals surface area contributed by atoms with Crippen molar-refractivity contribution in [1.29, 1.82) is 0 Å². The van der Waals surface area contributed by atoms with Gasteiger partial charge in [0, 0.05) is 25.4 Å². The van der Waals surface area contributed by atoms with Crippen LogP contribution in [0.2, 0.25) is 0 Å². The molecule has 3 N–H and O–H groups in total. The molecular weight excluding hydrogens is 192 g/mol. The third-order valence-electron chi connectivity index (χ3n) is 1.92. The summed E-state index contributed by atoms with van der Waals surface area (Å²) in [5.41, 5.74) is 0. The van der Waals surface area contributed by atoms with Gasteiger partial charge in [-0.3, -0.25) is 4.79 Å². The van der Waals surface area contributed by atoms with Crippen LogP contribution in [0.25, 0.3) is 0 Å². The van der Waals surface area contributed by atoms with Gasteiger partial charge in [0.15, 0.2) is 0 Å². The van der Waals surface area contributed by atoms with Gasteiger partial charge in [-0.25, -0.2) is 4.90 Å². The smallest absolute Gasteiger partial charge is 0.234 e. The van der Waals surface area contributed by atoms with Crippen LogP contribution in [0.1, 0.15) is 0 Å². The Morgan fingerprint density at radius 3 is 3.00 bits per heavy atom. The first kappa shape index (κ1) is 10.8. The molecule has 1 rings (SSSR count). The van der Waals surface area contributed by atoms with E-state index in [1.165, 1.54) is 11.8 Å². The van der Waals surface area contributed by atoms with Gasteiger partial charge in [0.2, 0.25) is 12.3 Å². The molecule has 1 aliphatic heterocycles. The zero-order chi connectivity index (χ0) is 9.73. The highest BCUT2D eigenvalue weighted by molar-refractivity contribution is 7.99. The minimum absolute atomic E-state index is 0.300. The number of rotatable bonds is 4. The van der Waals surface area contributed by atoms with Crippen LogP contribution in [0, 0.1) is 0 Å². The number of carbonyl (C=O) groups is 1. The van der Waals surface area contributed by atoms with Gasteiger partial charge < -0.3 is 15.5 Å². The fraction of sp³-hybridized carbons (Fsp3) is 0.857. The maximum atomic E-state index is 9.95. The van der Waals surface area contributed by atoms with Crippen LogP contribution in [0.4, 0.5) is 0 Å². The van der Waals surface area contributed by atoms with E-state index in [1.54, 1.807) is 4.90 Å². The molecule has 1 saturated heterocycles. The van der Waals surface area contributed by atoms with Crippen molar-refractivity contribution < 1.29 is 15.0 Å². The first-order chi connectivity index (χ1) is 6.17. The molecule has 0 spiro atoms. The fourth-order valence-corrected chi connectivity index (χ4v) is 2.15. The average Bonchev–Trinajstić information content (AvgIpc) is 2.08. The van der Waals surface area contributed by atoms with Crippen LogP contribution < -0.4 is 5.32 Å². The number of amides is 1. The van der Waals surface area contributed by atoms with Crippen molar-refractivity contribution in [3.05, 3.63) is 0 Å². The van der Waals surface area contributed by atoms with Crippen LogP contribution in [0.3, 0.4) is 0 Å². The van der Waals surface area contributed by atoms with Gasteiger partial charge in [-0.2, -0.15) is 11.8 Å². The molecule has 1 aliphatic rings. The maximum Gasteiger partial charge on any atom is 0.234 e. The molecule has 0 atom stereocenters. The lowest BCUT2D eigenvalue weighted by molar-refractivity contribution is -0.246. The normalized spacial score (nSPS) is 22.6. The lowest BCUT2D eigenvalue weighted by atomic mass is 10.4. The van der Waals surface area contributed by atoms with Crippen molar-refractivity contribution in [2.24, 2.45) is 0 Å². The van der Waals surface area contributed by atoms with Gasteiger partial charge in [0.1, 0.15) is 0 Å². The van der Waals surface area contributed by atoms with Crippen LogP contribution in [-0.4, -0.2) is 58.6 Å². The summed E-state index contributed by atoms with van der Waals surface area (Å²) < 4.78 is 0. The second-order valence-corrected chi connectivity index (χ2v) is 3.99. The molecule has 0 saturated carbocycles. The maximum absolute atomic E-state index is 9.95. The van der Waals surface area contributed by atoms with Crippen LogP contribution >= 0.6 is 11.8 Å². The number of carbonyl (C=O) groups excluding carboxylic acids is 1. The summed E-state index contributed by atoms with van der Waals surface area (Å²) in [6.07, 6.45) is 0.606. The van der Waals surface area contributed by atoms with E-state index in [0.29, 0.717) is 31.8 Å². The van der Waals surface area contributed by atoms with E-state index in [2.05, 4.69) is 5.32 Å². The highest BCUT2D eigenvalue weighted by Crippen LogP contribution is 2.21. The predicted molar refractivity (Wildman–Crippen MR) is 50.1 cm³/mol. The molecule has 6 heteroatoms. The van der Waals surface area contributed by atoms with Crippen molar-refractivity contribution in [3.8, 4) is 0 Å². The van der Waals surface area contributed by atoms with Crippen molar-refractivity contribution in [3.63, 3.8) is 0 Å². The summed E-state index contributed by atoms with van der Waals surface area (Å²) in [5, 5.41) is 21.4. The number of hydrogen-bond acceptors (Lipinski definition) is 5. The summed E-state index contributed by atoms with van der Waals surface area (Å²) in [7, 11) is 0. The van der Waals surface area contributed by atoms with Gasteiger partial charge in [-0.05, 0) is 0 Å². The molecule has 0 bridgehead atoms. The van der Waals surface area contributed by atoms with E-state index >= 15 is 0 Å². The Hall–Kier alpha value is -0.300. The summed E-state index contributed by atoms with van der Waals surface area (Å²) in [6.45, 7) is 1.54. The van der Waals surface area contributed by atoms with E-state index in [9.17, 15) is 15.0 Å². The number of aliphatic hydroxyl groups is 2. The number of hydrogen-bond donors (Lipinski definition) is 3. The third kappa shape index (κ3) is 3.15. The Balaban J connectivity index is 2.32. The SMILES string of the molecule is O=CNCCN1CCSCC1(O)O. The quantitative estimate of drug-likeness (QED) is 0.294. The predicted octanol–water partition coefficient (Wildman–Crippen LogP) is -1.58. The van der Waals surface area contributed by atoms with Crippen molar-refractivity contribution in [2.75, 3.05) is 31.1 Å². The summed E-state index contributed by atoms with van der Waals surface area (Å²) >= 11 is 1.51. The standard InChI is InChI=1S/C7H14N2O3S/c10-6-8-1-2-9-3-4-13-5-7(9,11)12/h6,11-12H,1-5H2,(H,8,10). The second kappa shape index (κ2) is 4.80. The van der Waals surface area contributed by atoms with Gasteiger partial charge in [-0.15, -0.1) is 0 Å². The molecular formula is C7H14N2O3S. The van der Waals surface area contributed by atoms with Gasteiger partial charge in [-0.1, -0.05) is 0 Å². The molecule has 0 unspecified atom stereocenters. The Kier molecular flexibility index (Phi) is 3.98. The topological polar surface area (TPSA) is 72.8 Å². The van der Waals surface area contributed by atoms with Crippen molar-refractivity contribution in [2.45, 2.75) is 5.91 Å². The first-order valence-electron chi connectivity index (χ1n) is 4.11. The van der Waals surface area contributed by atoms with Crippen molar-refractivity contribution in [1.82, 2.24) is 10.2 Å². The van der Waals surface area contributed by atoms with Crippen LogP contribution in [-0.2, 0) is 4.79 Å². The number of nitrogens with zero attached hydrogens (tertiary/aromatic N) is 1. The van der Waals surface area contributed by atoms with E-state index in [-0.39, 0.29) is 0 Å². The summed E-state index contributed by atoms with van der Waals surface area (Å²) in [4.78, 5) is 11.5. The summed E-state index contributed by atoms with van der Waals surface area (Å²) in [5.74, 6) is -0.522. The van der Waals surface area contributed by atoms with Crippen molar-refractivity contribution >= 4 is 18.2 Å². The Labute approximate surface area is 81.1 Å². The lowest BCUT2D eigenvalue weighted by Crippen LogP contribution is -2.56. The average molecular weight is 206 g/mol.